The van der Waals surface area contributed by atoms with Crippen LogP contribution in [0, 0.1) is 6.92 Å². The molecule has 0 aliphatic heterocycles. The maximum absolute atomic E-state index is 12.6. The number of aryl methyl sites for hydroxylation is 1. The van der Waals surface area contributed by atoms with E-state index in [0.717, 1.165) is 26.6 Å². The number of aromatic nitrogens is 2. The van der Waals surface area contributed by atoms with E-state index < -0.39 is 0 Å². The maximum Gasteiger partial charge on any atom is 0.255 e. The van der Waals surface area contributed by atoms with Crippen LogP contribution in [0.25, 0.3) is 10.9 Å². The van der Waals surface area contributed by atoms with Crippen LogP contribution in [0.3, 0.4) is 0 Å². The molecule has 28 heavy (non-hydrogen) atoms. The Labute approximate surface area is 171 Å². The summed E-state index contributed by atoms with van der Waals surface area (Å²) in [5, 5.41) is 7.10. The normalized spacial score (nSPS) is 10.6. The van der Waals surface area contributed by atoms with Crippen molar-refractivity contribution in [1.29, 1.82) is 0 Å². The summed E-state index contributed by atoms with van der Waals surface area (Å²) in [6, 6.07) is 20.9. The molecule has 0 atom stereocenters. The number of carbonyl (C=O) groups excluding carboxylic acids is 1. The SMILES string of the molecule is Cc1ccccc1C(=O)Nc1ccc2ncnc(Nc3cccc(Br)c3)c2c1. The zero-order valence-electron chi connectivity index (χ0n) is 15.1. The summed E-state index contributed by atoms with van der Waals surface area (Å²) in [4.78, 5) is 21.3. The highest BCUT2D eigenvalue weighted by molar-refractivity contribution is 9.10. The lowest BCUT2D eigenvalue weighted by Gasteiger charge is -2.11. The zero-order valence-corrected chi connectivity index (χ0v) is 16.7. The number of carbonyl (C=O) groups is 1. The molecule has 4 aromatic rings. The molecule has 2 N–H and O–H groups in total. The Morgan fingerprint density at radius 1 is 0.929 bits per heavy atom. The molecule has 6 heteroatoms. The van der Waals surface area contributed by atoms with E-state index in [0.29, 0.717) is 17.1 Å². The molecule has 1 heterocycles. The Kier molecular flexibility index (Phi) is 5.04. The molecule has 4 rings (SSSR count). The Balaban J connectivity index is 1.66. The van der Waals surface area contributed by atoms with Crippen molar-refractivity contribution in [1.82, 2.24) is 9.97 Å². The van der Waals surface area contributed by atoms with Gasteiger partial charge in [-0.05, 0) is 55.0 Å². The van der Waals surface area contributed by atoms with Crippen molar-refractivity contribution in [2.75, 3.05) is 10.6 Å². The van der Waals surface area contributed by atoms with E-state index in [1.165, 1.54) is 6.33 Å². The molecule has 0 spiro atoms. The summed E-state index contributed by atoms with van der Waals surface area (Å²) in [6.45, 7) is 1.92. The molecule has 138 valence electrons. The van der Waals surface area contributed by atoms with Gasteiger partial charge in [0.25, 0.3) is 5.91 Å². The monoisotopic (exact) mass is 432 g/mol. The maximum atomic E-state index is 12.6. The number of hydrogen-bond acceptors (Lipinski definition) is 4. The van der Waals surface area contributed by atoms with Gasteiger partial charge in [0.05, 0.1) is 5.52 Å². The number of nitrogens with zero attached hydrogens (tertiary/aromatic N) is 2. The van der Waals surface area contributed by atoms with Gasteiger partial charge < -0.3 is 10.6 Å². The van der Waals surface area contributed by atoms with Crippen LogP contribution in [0.15, 0.2) is 77.5 Å². The van der Waals surface area contributed by atoms with Gasteiger partial charge in [-0.15, -0.1) is 0 Å². The van der Waals surface area contributed by atoms with Gasteiger partial charge >= 0.3 is 0 Å². The number of nitrogens with one attached hydrogen (secondary N) is 2. The zero-order chi connectivity index (χ0) is 19.5. The Hall–Kier alpha value is -3.25. The second-order valence-corrected chi connectivity index (χ2v) is 7.27. The lowest BCUT2D eigenvalue weighted by atomic mass is 10.1. The highest BCUT2D eigenvalue weighted by Gasteiger charge is 2.11. The summed E-state index contributed by atoms with van der Waals surface area (Å²) in [5.41, 5.74) is 3.97. The Morgan fingerprint density at radius 3 is 2.61 bits per heavy atom. The Morgan fingerprint density at radius 2 is 1.79 bits per heavy atom. The molecule has 0 aliphatic carbocycles. The smallest absolute Gasteiger partial charge is 0.255 e. The first-order chi connectivity index (χ1) is 13.6. The number of rotatable bonds is 4. The highest BCUT2D eigenvalue weighted by atomic mass is 79.9. The molecular formula is C22H17BrN4O. The average molecular weight is 433 g/mol. The molecule has 0 fully saturated rings. The van der Waals surface area contributed by atoms with Gasteiger partial charge in [-0.25, -0.2) is 9.97 Å². The number of hydrogen-bond donors (Lipinski definition) is 2. The van der Waals surface area contributed by atoms with E-state index in [4.69, 9.17) is 0 Å². The second-order valence-electron chi connectivity index (χ2n) is 6.36. The topological polar surface area (TPSA) is 66.9 Å². The molecule has 0 unspecified atom stereocenters. The van der Waals surface area contributed by atoms with Gasteiger partial charge in [0.2, 0.25) is 0 Å². The summed E-state index contributed by atoms with van der Waals surface area (Å²) in [5.74, 6) is 0.533. The molecule has 0 bridgehead atoms. The second kappa shape index (κ2) is 7.78. The highest BCUT2D eigenvalue weighted by Crippen LogP contribution is 2.27. The van der Waals surface area contributed by atoms with Crippen LogP contribution in [0.1, 0.15) is 15.9 Å². The lowest BCUT2D eigenvalue weighted by molar-refractivity contribution is 0.102. The standard InChI is InChI=1S/C22H17BrN4O/c1-14-5-2-3-8-18(14)22(28)27-17-9-10-20-19(12-17)21(25-13-24-20)26-16-7-4-6-15(23)11-16/h2-13H,1H3,(H,27,28)(H,24,25,26). The van der Waals surface area contributed by atoms with Crippen LogP contribution in [0.2, 0.25) is 0 Å². The number of fused-ring (bicyclic) bond motifs is 1. The first-order valence-electron chi connectivity index (χ1n) is 8.74. The van der Waals surface area contributed by atoms with E-state index in [1.807, 2.05) is 73.7 Å². The first kappa shape index (κ1) is 18.1. The number of amides is 1. The third kappa shape index (κ3) is 3.87. The molecule has 0 aliphatic rings. The van der Waals surface area contributed by atoms with Crippen molar-refractivity contribution in [3.8, 4) is 0 Å². The molecule has 1 amide bonds. The van der Waals surface area contributed by atoms with Crippen LogP contribution in [-0.4, -0.2) is 15.9 Å². The van der Waals surface area contributed by atoms with Crippen LogP contribution < -0.4 is 10.6 Å². The van der Waals surface area contributed by atoms with E-state index >= 15 is 0 Å². The van der Waals surface area contributed by atoms with Crippen LogP contribution >= 0.6 is 15.9 Å². The van der Waals surface area contributed by atoms with Crippen molar-refractivity contribution in [2.24, 2.45) is 0 Å². The molecule has 0 saturated carbocycles. The summed E-state index contributed by atoms with van der Waals surface area (Å²) < 4.78 is 0.974. The fourth-order valence-corrected chi connectivity index (χ4v) is 3.36. The van der Waals surface area contributed by atoms with Crippen LogP contribution in [0.4, 0.5) is 17.2 Å². The van der Waals surface area contributed by atoms with Gasteiger partial charge in [0.15, 0.2) is 0 Å². The third-order valence-electron chi connectivity index (χ3n) is 4.37. The number of anilines is 3. The number of halogens is 1. The fraction of sp³-hybridized carbons (Fsp3) is 0.0455. The summed E-state index contributed by atoms with van der Waals surface area (Å²) in [6.07, 6.45) is 1.52. The van der Waals surface area contributed by atoms with E-state index in [9.17, 15) is 4.79 Å². The van der Waals surface area contributed by atoms with E-state index in [-0.39, 0.29) is 5.91 Å². The van der Waals surface area contributed by atoms with Crippen molar-refractivity contribution in [3.63, 3.8) is 0 Å². The quantitative estimate of drug-likeness (QED) is 0.434. The fourth-order valence-electron chi connectivity index (χ4n) is 2.96. The van der Waals surface area contributed by atoms with Crippen LogP contribution in [-0.2, 0) is 0 Å². The minimum Gasteiger partial charge on any atom is -0.340 e. The van der Waals surface area contributed by atoms with Crippen molar-refractivity contribution in [2.45, 2.75) is 6.92 Å². The van der Waals surface area contributed by atoms with Gasteiger partial charge in [0.1, 0.15) is 12.1 Å². The number of benzene rings is 3. The van der Waals surface area contributed by atoms with Crippen molar-refractivity contribution >= 4 is 49.9 Å². The summed E-state index contributed by atoms with van der Waals surface area (Å²) >= 11 is 3.47. The summed E-state index contributed by atoms with van der Waals surface area (Å²) in [7, 11) is 0. The largest absolute Gasteiger partial charge is 0.340 e. The van der Waals surface area contributed by atoms with Gasteiger partial charge in [-0.2, -0.15) is 0 Å². The molecule has 0 saturated heterocycles. The minimum absolute atomic E-state index is 0.143. The minimum atomic E-state index is -0.143. The van der Waals surface area contributed by atoms with Crippen molar-refractivity contribution < 1.29 is 4.79 Å². The van der Waals surface area contributed by atoms with Gasteiger partial charge in [-0.3, -0.25) is 4.79 Å². The van der Waals surface area contributed by atoms with Gasteiger partial charge in [0, 0.05) is 26.8 Å². The molecule has 3 aromatic carbocycles. The van der Waals surface area contributed by atoms with Crippen molar-refractivity contribution in [3.05, 3.63) is 88.7 Å². The Bertz CT molecular complexity index is 1180. The van der Waals surface area contributed by atoms with E-state index in [2.05, 4.69) is 36.5 Å². The van der Waals surface area contributed by atoms with E-state index in [1.54, 1.807) is 0 Å². The predicted molar refractivity (Wildman–Crippen MR) is 116 cm³/mol. The molecule has 1 aromatic heterocycles. The van der Waals surface area contributed by atoms with Gasteiger partial charge in [-0.1, -0.05) is 40.2 Å². The van der Waals surface area contributed by atoms with Crippen LogP contribution in [0.5, 0.6) is 0 Å². The molecule has 0 radical (unpaired) electrons. The third-order valence-corrected chi connectivity index (χ3v) is 4.86. The first-order valence-corrected chi connectivity index (χ1v) is 9.54. The average Bonchev–Trinajstić information content (AvgIpc) is 2.69. The molecule has 5 nitrogen and oxygen atoms in total. The predicted octanol–water partition coefficient (Wildman–Crippen LogP) is 5.70. The lowest BCUT2D eigenvalue weighted by Crippen LogP contribution is -2.13. The molecular weight excluding hydrogens is 416 g/mol.